The Labute approximate surface area is 96.4 Å². The van der Waals surface area contributed by atoms with Crippen molar-refractivity contribution in [3.05, 3.63) is 35.1 Å². The first-order valence-corrected chi connectivity index (χ1v) is 6.18. The minimum absolute atomic E-state index is 0.230. The Morgan fingerprint density at radius 3 is 2.75 bits per heavy atom. The van der Waals surface area contributed by atoms with Gasteiger partial charge in [-0.15, -0.1) is 0 Å². The minimum atomic E-state index is -1.37. The van der Waals surface area contributed by atoms with Gasteiger partial charge in [-0.05, 0) is 18.1 Å². The van der Waals surface area contributed by atoms with E-state index in [2.05, 4.69) is 5.32 Å². The molecule has 1 nitrogen and oxygen atoms in total. The molecule has 1 aliphatic heterocycles. The third-order valence-electron chi connectivity index (χ3n) is 2.57. The van der Waals surface area contributed by atoms with Crippen molar-refractivity contribution in [1.29, 1.82) is 0 Å². The first-order valence-electron chi connectivity index (χ1n) is 5.13. The number of hydrogen-bond donors (Lipinski definition) is 1. The summed E-state index contributed by atoms with van der Waals surface area (Å²) in [5.74, 6) is -2.58. The van der Waals surface area contributed by atoms with Crippen LogP contribution in [0.5, 0.6) is 0 Å². The molecule has 0 radical (unpaired) electrons. The number of thioether (sulfide) groups is 1. The maximum atomic E-state index is 13.4. The van der Waals surface area contributed by atoms with Crippen LogP contribution >= 0.6 is 11.8 Å². The summed E-state index contributed by atoms with van der Waals surface area (Å²) in [7, 11) is 0. The lowest BCUT2D eigenvalue weighted by Gasteiger charge is -2.22. The van der Waals surface area contributed by atoms with Crippen molar-refractivity contribution < 1.29 is 13.2 Å². The highest BCUT2D eigenvalue weighted by molar-refractivity contribution is 8.00. The Bertz CT molecular complexity index is 378. The van der Waals surface area contributed by atoms with E-state index in [9.17, 15) is 13.2 Å². The topological polar surface area (TPSA) is 12.0 Å². The highest BCUT2D eigenvalue weighted by Crippen LogP contribution is 2.22. The van der Waals surface area contributed by atoms with Gasteiger partial charge in [-0.2, -0.15) is 11.8 Å². The third kappa shape index (κ3) is 2.52. The first kappa shape index (κ1) is 11.8. The van der Waals surface area contributed by atoms with Gasteiger partial charge < -0.3 is 5.32 Å². The molecule has 0 saturated carbocycles. The molecule has 0 aliphatic carbocycles. The molecule has 1 aromatic rings. The molecule has 16 heavy (non-hydrogen) atoms. The van der Waals surface area contributed by atoms with Crippen molar-refractivity contribution >= 4 is 11.8 Å². The van der Waals surface area contributed by atoms with Gasteiger partial charge in [0, 0.05) is 24.1 Å². The van der Waals surface area contributed by atoms with E-state index in [4.69, 9.17) is 0 Å². The Morgan fingerprint density at radius 2 is 2.06 bits per heavy atom. The van der Waals surface area contributed by atoms with E-state index >= 15 is 0 Å². The summed E-state index contributed by atoms with van der Waals surface area (Å²) in [5.41, 5.74) is 0.250. The Kier molecular flexibility index (Phi) is 3.76. The zero-order chi connectivity index (χ0) is 11.5. The molecule has 0 bridgehead atoms. The molecule has 1 aromatic carbocycles. The summed E-state index contributed by atoms with van der Waals surface area (Å²) >= 11 is 1.73. The molecule has 2 rings (SSSR count). The van der Waals surface area contributed by atoms with Crippen molar-refractivity contribution in [3.63, 3.8) is 0 Å². The van der Waals surface area contributed by atoms with Gasteiger partial charge in [-0.1, -0.05) is 6.07 Å². The van der Waals surface area contributed by atoms with Crippen LogP contribution in [0.15, 0.2) is 12.1 Å². The molecule has 0 spiro atoms. The highest BCUT2D eigenvalue weighted by atomic mass is 32.2. The second-order valence-electron chi connectivity index (χ2n) is 3.74. The monoisotopic (exact) mass is 247 g/mol. The van der Waals surface area contributed by atoms with Crippen LogP contribution in [0, 0.1) is 17.5 Å². The van der Waals surface area contributed by atoms with Gasteiger partial charge in [0.2, 0.25) is 0 Å². The van der Waals surface area contributed by atoms with Crippen LogP contribution in [0.3, 0.4) is 0 Å². The molecule has 1 heterocycles. The van der Waals surface area contributed by atoms with Gasteiger partial charge in [-0.25, -0.2) is 13.2 Å². The molecule has 1 saturated heterocycles. The summed E-state index contributed by atoms with van der Waals surface area (Å²) in [6, 6.07) is 2.30. The van der Waals surface area contributed by atoms with Crippen molar-refractivity contribution in [1.82, 2.24) is 5.32 Å². The van der Waals surface area contributed by atoms with Crippen LogP contribution in [-0.4, -0.2) is 24.1 Å². The molecule has 1 unspecified atom stereocenters. The van der Waals surface area contributed by atoms with Crippen LogP contribution in [0.25, 0.3) is 0 Å². The quantitative estimate of drug-likeness (QED) is 0.805. The summed E-state index contributed by atoms with van der Waals surface area (Å²) in [5, 5.41) is 3.42. The third-order valence-corrected chi connectivity index (χ3v) is 3.81. The molecular weight excluding hydrogens is 235 g/mol. The Hall–Kier alpha value is -0.680. The fourth-order valence-corrected chi connectivity index (χ4v) is 2.85. The van der Waals surface area contributed by atoms with Crippen molar-refractivity contribution in [2.45, 2.75) is 11.7 Å². The van der Waals surface area contributed by atoms with Crippen LogP contribution in [0.4, 0.5) is 13.2 Å². The molecule has 0 amide bonds. The Balaban J connectivity index is 2.11. The zero-order valence-corrected chi connectivity index (χ0v) is 9.42. The second kappa shape index (κ2) is 5.10. The van der Waals surface area contributed by atoms with E-state index in [-0.39, 0.29) is 10.8 Å². The molecule has 88 valence electrons. The van der Waals surface area contributed by atoms with E-state index in [0.29, 0.717) is 6.42 Å². The summed E-state index contributed by atoms with van der Waals surface area (Å²) in [6.07, 6.45) is 0.431. The lowest BCUT2D eigenvalue weighted by atomic mass is 10.1. The normalized spacial score (nSPS) is 21.1. The Morgan fingerprint density at radius 1 is 1.25 bits per heavy atom. The maximum Gasteiger partial charge on any atom is 0.194 e. The van der Waals surface area contributed by atoms with Crippen molar-refractivity contribution in [2.75, 3.05) is 18.8 Å². The van der Waals surface area contributed by atoms with E-state index in [0.717, 1.165) is 24.9 Å². The fourth-order valence-electron chi connectivity index (χ4n) is 1.72. The molecule has 1 N–H and O–H groups in total. The molecule has 0 aromatic heterocycles. The minimum Gasteiger partial charge on any atom is -0.315 e. The predicted molar refractivity (Wildman–Crippen MR) is 59.1 cm³/mol. The first-order chi connectivity index (χ1) is 7.68. The van der Waals surface area contributed by atoms with E-state index in [1.807, 2.05) is 0 Å². The number of nitrogens with one attached hydrogen (secondary N) is 1. The van der Waals surface area contributed by atoms with Crippen molar-refractivity contribution in [3.8, 4) is 0 Å². The SMILES string of the molecule is Fc1ccc(CC2CNCCS2)c(F)c1F. The van der Waals surface area contributed by atoms with Crippen LogP contribution in [0.2, 0.25) is 0 Å². The molecular formula is C11H12F3NS. The number of hydrogen-bond acceptors (Lipinski definition) is 2. The largest absolute Gasteiger partial charge is 0.315 e. The average Bonchev–Trinajstić information content (AvgIpc) is 2.31. The number of benzene rings is 1. The number of rotatable bonds is 2. The van der Waals surface area contributed by atoms with Crippen LogP contribution in [-0.2, 0) is 6.42 Å². The smallest absolute Gasteiger partial charge is 0.194 e. The van der Waals surface area contributed by atoms with Gasteiger partial charge in [0.25, 0.3) is 0 Å². The summed E-state index contributed by atoms with van der Waals surface area (Å²) in [6.45, 7) is 1.73. The molecule has 1 atom stereocenters. The lowest BCUT2D eigenvalue weighted by Crippen LogP contribution is -2.34. The zero-order valence-electron chi connectivity index (χ0n) is 8.60. The van der Waals surface area contributed by atoms with Gasteiger partial charge in [0.15, 0.2) is 17.5 Å². The van der Waals surface area contributed by atoms with E-state index in [1.54, 1.807) is 11.8 Å². The lowest BCUT2D eigenvalue weighted by molar-refractivity contribution is 0.440. The predicted octanol–water partition coefficient (Wildman–Crippen LogP) is 2.35. The highest BCUT2D eigenvalue weighted by Gasteiger charge is 2.19. The maximum absolute atomic E-state index is 13.4. The molecule has 1 aliphatic rings. The fraction of sp³-hybridized carbons (Fsp3) is 0.455. The van der Waals surface area contributed by atoms with Crippen LogP contribution < -0.4 is 5.32 Å². The van der Waals surface area contributed by atoms with E-state index in [1.165, 1.54) is 6.07 Å². The molecule has 5 heteroatoms. The molecule has 1 fully saturated rings. The standard InChI is InChI=1S/C11H12F3NS/c12-9-2-1-7(10(13)11(9)14)5-8-6-15-3-4-16-8/h1-2,8,15H,3-6H2. The average molecular weight is 247 g/mol. The summed E-state index contributed by atoms with van der Waals surface area (Å²) < 4.78 is 39.1. The van der Waals surface area contributed by atoms with Gasteiger partial charge in [0.1, 0.15) is 0 Å². The van der Waals surface area contributed by atoms with Gasteiger partial charge in [0.05, 0.1) is 0 Å². The summed E-state index contributed by atoms with van der Waals surface area (Å²) in [4.78, 5) is 0. The van der Waals surface area contributed by atoms with Crippen molar-refractivity contribution in [2.24, 2.45) is 0 Å². The second-order valence-corrected chi connectivity index (χ2v) is 5.14. The van der Waals surface area contributed by atoms with Crippen LogP contribution in [0.1, 0.15) is 5.56 Å². The van der Waals surface area contributed by atoms with E-state index < -0.39 is 17.5 Å². The number of halogens is 3. The van der Waals surface area contributed by atoms with Gasteiger partial charge >= 0.3 is 0 Å². The van der Waals surface area contributed by atoms with Gasteiger partial charge in [-0.3, -0.25) is 0 Å².